The van der Waals surface area contributed by atoms with Crippen LogP contribution in [0.25, 0.3) is 0 Å². The van der Waals surface area contributed by atoms with Gasteiger partial charge in [-0.05, 0) is 60.0 Å². The fourth-order valence-electron chi connectivity index (χ4n) is 4.63. The van der Waals surface area contributed by atoms with Crippen LogP contribution in [0.5, 0.6) is 0 Å². The molecule has 0 aromatic heterocycles. The second kappa shape index (κ2) is 15.4. The van der Waals surface area contributed by atoms with E-state index in [0.717, 1.165) is 9.87 Å². The Morgan fingerprint density at radius 1 is 0.818 bits per heavy atom. The van der Waals surface area contributed by atoms with Crippen LogP contribution in [0, 0.1) is 0 Å². The summed E-state index contributed by atoms with van der Waals surface area (Å²) < 4.78 is 29.0. The van der Waals surface area contributed by atoms with E-state index in [-0.39, 0.29) is 29.5 Å². The molecule has 0 radical (unpaired) electrons. The van der Waals surface area contributed by atoms with Gasteiger partial charge in [0.2, 0.25) is 11.8 Å². The van der Waals surface area contributed by atoms with E-state index >= 15 is 0 Å². The summed E-state index contributed by atoms with van der Waals surface area (Å²) in [5.74, 6) is -0.975. The second-order valence-corrected chi connectivity index (χ2v) is 13.2. The molecular weight excluding hydrogens is 641 g/mol. The van der Waals surface area contributed by atoms with Crippen LogP contribution in [-0.4, -0.2) is 44.3 Å². The molecule has 1 atom stereocenters. The molecule has 0 aliphatic heterocycles. The molecule has 0 spiro atoms. The molecule has 4 aromatic carbocycles. The number of nitrogens with zero attached hydrogens (tertiary/aromatic N) is 2. The zero-order valence-electron chi connectivity index (χ0n) is 24.0. The van der Waals surface area contributed by atoms with Gasteiger partial charge in [-0.3, -0.25) is 13.9 Å². The van der Waals surface area contributed by atoms with Gasteiger partial charge in [0, 0.05) is 34.6 Å². The summed E-state index contributed by atoms with van der Waals surface area (Å²) in [4.78, 5) is 29.5. The van der Waals surface area contributed by atoms with Crippen LogP contribution in [0.3, 0.4) is 0 Å². The molecule has 0 unspecified atom stereocenters. The van der Waals surface area contributed by atoms with Gasteiger partial charge in [0.25, 0.3) is 10.0 Å². The molecule has 0 aliphatic carbocycles. The summed E-state index contributed by atoms with van der Waals surface area (Å²) in [7, 11) is -4.22. The van der Waals surface area contributed by atoms with Crippen LogP contribution in [-0.2, 0) is 32.6 Å². The molecule has 44 heavy (non-hydrogen) atoms. The Hall–Kier alpha value is -3.56. The number of carbonyl (C=O) groups is 2. The maximum Gasteiger partial charge on any atom is 0.264 e. The number of benzene rings is 4. The van der Waals surface area contributed by atoms with E-state index < -0.39 is 28.5 Å². The van der Waals surface area contributed by atoms with Crippen molar-refractivity contribution in [2.24, 2.45) is 0 Å². The highest BCUT2D eigenvalue weighted by molar-refractivity contribution is 7.92. The van der Waals surface area contributed by atoms with Gasteiger partial charge in [0.1, 0.15) is 12.6 Å². The second-order valence-electron chi connectivity index (χ2n) is 10.1. The van der Waals surface area contributed by atoms with Crippen LogP contribution in [0.15, 0.2) is 108 Å². The van der Waals surface area contributed by atoms with E-state index in [0.29, 0.717) is 33.6 Å². The van der Waals surface area contributed by atoms with Crippen molar-refractivity contribution >= 4 is 62.3 Å². The Morgan fingerprint density at radius 2 is 1.48 bits per heavy atom. The maximum absolute atomic E-state index is 14.4. The number of rotatable bonds is 13. The van der Waals surface area contributed by atoms with E-state index in [4.69, 9.17) is 34.8 Å². The largest absolute Gasteiger partial charge is 0.354 e. The highest BCUT2D eigenvalue weighted by Gasteiger charge is 2.35. The smallest absolute Gasteiger partial charge is 0.264 e. The van der Waals surface area contributed by atoms with Gasteiger partial charge < -0.3 is 10.2 Å². The number of anilines is 1. The van der Waals surface area contributed by atoms with E-state index in [9.17, 15) is 18.0 Å². The topological polar surface area (TPSA) is 86.8 Å². The van der Waals surface area contributed by atoms with Crippen molar-refractivity contribution in [3.05, 3.63) is 129 Å². The first-order valence-corrected chi connectivity index (χ1v) is 16.6. The maximum atomic E-state index is 14.4. The van der Waals surface area contributed by atoms with Crippen LogP contribution < -0.4 is 9.62 Å². The molecular formula is C33H32Cl3N3O4S. The molecule has 230 valence electrons. The van der Waals surface area contributed by atoms with E-state index in [2.05, 4.69) is 5.32 Å². The Morgan fingerprint density at radius 3 is 2.11 bits per heavy atom. The number of hydrogen-bond acceptors (Lipinski definition) is 4. The van der Waals surface area contributed by atoms with Gasteiger partial charge in [-0.25, -0.2) is 8.42 Å². The van der Waals surface area contributed by atoms with Crippen molar-refractivity contribution in [3.63, 3.8) is 0 Å². The highest BCUT2D eigenvalue weighted by Crippen LogP contribution is 2.28. The lowest BCUT2D eigenvalue weighted by molar-refractivity contribution is -0.140. The molecule has 0 aliphatic rings. The van der Waals surface area contributed by atoms with Crippen molar-refractivity contribution in [1.29, 1.82) is 0 Å². The lowest BCUT2D eigenvalue weighted by Crippen LogP contribution is -2.53. The zero-order valence-corrected chi connectivity index (χ0v) is 27.1. The summed E-state index contributed by atoms with van der Waals surface area (Å²) in [6.07, 6.45) is 0.883. The van der Waals surface area contributed by atoms with Gasteiger partial charge in [0.15, 0.2) is 0 Å². The van der Waals surface area contributed by atoms with Gasteiger partial charge >= 0.3 is 0 Å². The van der Waals surface area contributed by atoms with Crippen molar-refractivity contribution < 1.29 is 18.0 Å². The lowest BCUT2D eigenvalue weighted by atomic mass is 10.0. The summed E-state index contributed by atoms with van der Waals surface area (Å²) >= 11 is 18.9. The Kier molecular flexibility index (Phi) is 11.7. The molecule has 0 fully saturated rings. The summed E-state index contributed by atoms with van der Waals surface area (Å²) in [5.41, 5.74) is 1.58. The first-order valence-electron chi connectivity index (χ1n) is 14.0. The van der Waals surface area contributed by atoms with Crippen molar-refractivity contribution in [2.75, 3.05) is 17.4 Å². The van der Waals surface area contributed by atoms with Gasteiger partial charge in [-0.15, -0.1) is 0 Å². The monoisotopic (exact) mass is 671 g/mol. The molecule has 11 heteroatoms. The Bertz CT molecular complexity index is 1690. The number of sulfonamides is 1. The minimum absolute atomic E-state index is 0.00148. The number of hydrogen-bond donors (Lipinski definition) is 1. The standard InChI is InChI=1S/C33H32Cl3N3O4S/c1-2-18-37-33(41)31(19-24-10-5-3-6-11-24)38(22-25-16-17-27(35)21-30(25)36)32(40)23-39(28-13-9-12-26(34)20-28)44(42,43)29-14-7-4-8-15-29/h3-17,20-21,31H,2,18-19,22-23H2,1H3,(H,37,41)/t31-/m1/s1. The predicted octanol–water partition coefficient (Wildman–Crippen LogP) is 7.01. The van der Waals surface area contributed by atoms with E-state index in [1.54, 1.807) is 54.6 Å². The molecule has 0 saturated carbocycles. The van der Waals surface area contributed by atoms with Crippen LogP contribution in [0.1, 0.15) is 24.5 Å². The zero-order chi connectivity index (χ0) is 31.7. The minimum Gasteiger partial charge on any atom is -0.354 e. The fraction of sp³-hybridized carbons (Fsp3) is 0.212. The van der Waals surface area contributed by atoms with Gasteiger partial charge in [0.05, 0.1) is 10.6 Å². The molecule has 0 heterocycles. The Balaban J connectivity index is 1.81. The average molecular weight is 673 g/mol. The summed E-state index contributed by atoms with van der Waals surface area (Å²) in [6, 6.07) is 27.3. The van der Waals surface area contributed by atoms with Crippen molar-refractivity contribution in [2.45, 2.75) is 37.2 Å². The third kappa shape index (κ3) is 8.54. The van der Waals surface area contributed by atoms with Crippen LogP contribution in [0.4, 0.5) is 5.69 Å². The summed E-state index contributed by atoms with van der Waals surface area (Å²) in [6.45, 7) is 1.67. The number of amides is 2. The molecule has 4 aromatic rings. The minimum atomic E-state index is -4.22. The first kappa shape index (κ1) is 33.3. The van der Waals surface area contributed by atoms with Crippen LogP contribution in [0.2, 0.25) is 15.1 Å². The van der Waals surface area contributed by atoms with E-state index in [1.807, 2.05) is 37.3 Å². The third-order valence-electron chi connectivity index (χ3n) is 6.88. The molecule has 4 rings (SSSR count). The number of nitrogens with one attached hydrogen (secondary N) is 1. The molecule has 0 bridgehead atoms. The normalized spacial score (nSPS) is 11.9. The molecule has 2 amide bonds. The Labute approximate surface area is 273 Å². The quantitative estimate of drug-likeness (QED) is 0.166. The van der Waals surface area contributed by atoms with Crippen molar-refractivity contribution in [3.8, 4) is 0 Å². The van der Waals surface area contributed by atoms with Gasteiger partial charge in [-0.1, -0.05) is 102 Å². The average Bonchev–Trinajstić information content (AvgIpc) is 3.02. The SMILES string of the molecule is CCCNC(=O)[C@@H](Cc1ccccc1)N(Cc1ccc(Cl)cc1Cl)C(=O)CN(c1cccc(Cl)c1)S(=O)(=O)c1ccccc1. The van der Waals surface area contributed by atoms with E-state index in [1.165, 1.54) is 23.1 Å². The third-order valence-corrected chi connectivity index (χ3v) is 9.49. The van der Waals surface area contributed by atoms with Crippen molar-refractivity contribution in [1.82, 2.24) is 10.2 Å². The predicted molar refractivity (Wildman–Crippen MR) is 177 cm³/mol. The number of carbonyl (C=O) groups excluding carboxylic acids is 2. The fourth-order valence-corrected chi connectivity index (χ4v) is 6.71. The first-order chi connectivity index (χ1) is 21.1. The molecule has 0 saturated heterocycles. The van der Waals surface area contributed by atoms with Crippen LogP contribution >= 0.6 is 34.8 Å². The molecule has 7 nitrogen and oxygen atoms in total. The highest BCUT2D eigenvalue weighted by atomic mass is 35.5. The summed E-state index contributed by atoms with van der Waals surface area (Å²) in [5, 5.41) is 3.94. The van der Waals surface area contributed by atoms with Gasteiger partial charge in [-0.2, -0.15) is 0 Å². The number of halogens is 3. The lowest BCUT2D eigenvalue weighted by Gasteiger charge is -2.34. The molecule has 1 N–H and O–H groups in total.